The van der Waals surface area contributed by atoms with E-state index in [0.717, 1.165) is 50.2 Å². The van der Waals surface area contributed by atoms with Crippen LogP contribution in [0.2, 0.25) is 0 Å². The molecule has 176 valence electrons. The number of fused-ring (bicyclic) bond motifs is 4. The molecule has 0 atom stereocenters. The van der Waals surface area contributed by atoms with Crippen LogP contribution >= 0.6 is 0 Å². The van der Waals surface area contributed by atoms with Gasteiger partial charge in [0.2, 0.25) is 5.91 Å². The van der Waals surface area contributed by atoms with Crippen LogP contribution < -0.4 is 11.3 Å². The fourth-order valence-corrected chi connectivity index (χ4v) is 5.34. The van der Waals surface area contributed by atoms with Crippen molar-refractivity contribution in [3.05, 3.63) is 117 Å². The molecule has 0 fully saturated rings. The molecule has 6 nitrogen and oxygen atoms in total. The number of hydrogen-bond donors (Lipinski definition) is 2. The van der Waals surface area contributed by atoms with Crippen LogP contribution in [0.1, 0.15) is 32.6 Å². The van der Waals surface area contributed by atoms with Crippen LogP contribution in [0.4, 0.5) is 0 Å². The summed E-state index contributed by atoms with van der Waals surface area (Å²) in [4.78, 5) is 30.1. The number of benzene rings is 4. The highest BCUT2D eigenvalue weighted by Crippen LogP contribution is 2.45. The van der Waals surface area contributed by atoms with Crippen LogP contribution in [0.3, 0.4) is 0 Å². The fourth-order valence-electron chi connectivity index (χ4n) is 5.34. The molecule has 4 aromatic carbocycles. The second-order valence-corrected chi connectivity index (χ2v) is 9.09. The normalized spacial score (nSPS) is 11.9. The van der Waals surface area contributed by atoms with Gasteiger partial charge in [-0.3, -0.25) is 14.2 Å². The lowest BCUT2D eigenvalue weighted by molar-refractivity contribution is 0.0999. The van der Waals surface area contributed by atoms with E-state index in [0.29, 0.717) is 22.9 Å². The van der Waals surface area contributed by atoms with Gasteiger partial charge in [0.05, 0.1) is 23.2 Å². The van der Waals surface area contributed by atoms with Gasteiger partial charge in [0.25, 0.3) is 5.56 Å². The van der Waals surface area contributed by atoms with Gasteiger partial charge in [-0.25, -0.2) is 4.98 Å². The van der Waals surface area contributed by atoms with Crippen molar-refractivity contribution in [3.8, 4) is 27.9 Å². The number of aliphatic hydroxyl groups excluding tert-OH is 1. The average Bonchev–Trinajstić information content (AvgIpc) is 3.28. The number of carbonyl (C=O) groups is 1. The summed E-state index contributed by atoms with van der Waals surface area (Å²) in [6.07, 6.45) is 2.14. The second-order valence-electron chi connectivity index (χ2n) is 9.09. The van der Waals surface area contributed by atoms with Crippen LogP contribution in [0.15, 0.2) is 83.9 Å². The van der Waals surface area contributed by atoms with Crippen molar-refractivity contribution in [2.75, 3.05) is 0 Å². The Labute approximate surface area is 207 Å². The van der Waals surface area contributed by atoms with E-state index in [-0.39, 0.29) is 12.2 Å². The molecule has 0 unspecified atom stereocenters. The van der Waals surface area contributed by atoms with Crippen molar-refractivity contribution in [1.82, 2.24) is 9.55 Å². The smallest absolute Gasteiger partial charge is 0.265 e. The molecule has 1 aliphatic carbocycles. The van der Waals surface area contributed by atoms with Crippen LogP contribution in [-0.4, -0.2) is 20.6 Å². The molecule has 36 heavy (non-hydrogen) atoms. The lowest BCUT2D eigenvalue weighted by atomic mass is 9.89. The lowest BCUT2D eigenvalue weighted by Gasteiger charge is -2.17. The molecule has 0 radical (unpaired) electrons. The minimum atomic E-state index is -0.466. The number of para-hydroxylation sites is 1. The molecule has 1 aliphatic rings. The number of amides is 1. The third-order valence-corrected chi connectivity index (χ3v) is 7.09. The van der Waals surface area contributed by atoms with Gasteiger partial charge in [0.15, 0.2) is 0 Å². The van der Waals surface area contributed by atoms with E-state index in [4.69, 9.17) is 5.73 Å². The molecule has 3 N–H and O–H groups in total. The van der Waals surface area contributed by atoms with Gasteiger partial charge < -0.3 is 10.8 Å². The standard InChI is InChI=1S/C30H23N3O3/c1-17-20(6-4-8-27(17)33-16-32-26-7-3-2-5-24(26)30(33)36)22-11-12-23(29(31)35)25-14-19-13-18(15-34)9-10-21(19)28(22)25/h2-13,16,34H,14-15H2,1H3,(H2,31,35). The Kier molecular flexibility index (Phi) is 5.05. The molecule has 0 saturated carbocycles. The van der Waals surface area contributed by atoms with Crippen molar-refractivity contribution in [3.63, 3.8) is 0 Å². The topological polar surface area (TPSA) is 98.2 Å². The monoisotopic (exact) mass is 473 g/mol. The van der Waals surface area contributed by atoms with Gasteiger partial charge in [0, 0.05) is 5.56 Å². The van der Waals surface area contributed by atoms with E-state index in [1.807, 2.05) is 67.6 Å². The summed E-state index contributed by atoms with van der Waals surface area (Å²) in [5.41, 5.74) is 15.1. The predicted molar refractivity (Wildman–Crippen MR) is 140 cm³/mol. The first kappa shape index (κ1) is 21.9. The molecule has 1 amide bonds. The number of nitrogens with zero attached hydrogens (tertiary/aromatic N) is 2. The summed E-state index contributed by atoms with van der Waals surface area (Å²) in [7, 11) is 0. The number of hydrogen-bond acceptors (Lipinski definition) is 4. The largest absolute Gasteiger partial charge is 0.392 e. The molecular formula is C30H23N3O3. The van der Waals surface area contributed by atoms with Crippen LogP contribution in [-0.2, 0) is 13.0 Å². The minimum absolute atomic E-state index is 0.0468. The summed E-state index contributed by atoms with van der Waals surface area (Å²) < 4.78 is 1.58. The highest BCUT2D eigenvalue weighted by atomic mass is 16.3. The van der Waals surface area contributed by atoms with Crippen LogP contribution in [0.25, 0.3) is 38.8 Å². The molecule has 1 heterocycles. The Bertz CT molecular complexity index is 1770. The fraction of sp³-hybridized carbons (Fsp3) is 0.100. The summed E-state index contributed by atoms with van der Waals surface area (Å²) >= 11 is 0. The second kappa shape index (κ2) is 8.29. The zero-order chi connectivity index (χ0) is 25.0. The number of rotatable bonds is 4. The summed E-state index contributed by atoms with van der Waals surface area (Å²) in [6.45, 7) is 1.94. The Morgan fingerprint density at radius 1 is 1.00 bits per heavy atom. The van der Waals surface area contributed by atoms with E-state index in [1.54, 1.807) is 23.0 Å². The lowest BCUT2D eigenvalue weighted by Crippen LogP contribution is -2.19. The van der Waals surface area contributed by atoms with E-state index in [2.05, 4.69) is 4.98 Å². The van der Waals surface area contributed by atoms with Crippen molar-refractivity contribution in [2.45, 2.75) is 20.0 Å². The number of aliphatic hydroxyl groups is 1. The van der Waals surface area contributed by atoms with Crippen molar-refractivity contribution >= 4 is 16.8 Å². The maximum Gasteiger partial charge on any atom is 0.265 e. The first-order valence-corrected chi connectivity index (χ1v) is 11.7. The highest BCUT2D eigenvalue weighted by Gasteiger charge is 2.27. The van der Waals surface area contributed by atoms with Gasteiger partial charge in [0.1, 0.15) is 6.33 Å². The first-order valence-electron chi connectivity index (χ1n) is 11.7. The van der Waals surface area contributed by atoms with E-state index in [1.165, 1.54) is 0 Å². The Hall–Kier alpha value is -4.55. The van der Waals surface area contributed by atoms with Gasteiger partial charge >= 0.3 is 0 Å². The quantitative estimate of drug-likeness (QED) is 0.393. The van der Waals surface area contributed by atoms with Gasteiger partial charge in [-0.1, -0.05) is 48.5 Å². The molecule has 5 aromatic rings. The van der Waals surface area contributed by atoms with Crippen molar-refractivity contribution in [2.24, 2.45) is 5.73 Å². The molecule has 1 aromatic heterocycles. The summed E-state index contributed by atoms with van der Waals surface area (Å²) in [5, 5.41) is 10.2. The number of primary amides is 1. The molecule has 0 saturated heterocycles. The van der Waals surface area contributed by atoms with Crippen LogP contribution in [0.5, 0.6) is 0 Å². The SMILES string of the molecule is Cc1c(-c2ccc(C(N)=O)c3c2-c2ccc(CO)cc2C3)cccc1-n1cnc2ccccc2c1=O. The van der Waals surface area contributed by atoms with Crippen LogP contribution in [0, 0.1) is 6.92 Å². The van der Waals surface area contributed by atoms with E-state index < -0.39 is 5.91 Å². The number of aromatic nitrogens is 2. The first-order chi connectivity index (χ1) is 17.5. The highest BCUT2D eigenvalue weighted by molar-refractivity contribution is 6.02. The number of nitrogens with two attached hydrogens (primary N) is 1. The van der Waals surface area contributed by atoms with Gasteiger partial charge in [-0.2, -0.15) is 0 Å². The summed E-state index contributed by atoms with van der Waals surface area (Å²) in [5.74, 6) is -0.466. The maximum atomic E-state index is 13.3. The average molecular weight is 474 g/mol. The van der Waals surface area contributed by atoms with Gasteiger partial charge in [-0.05, 0) is 82.1 Å². The molecular weight excluding hydrogens is 450 g/mol. The Morgan fingerprint density at radius 2 is 1.81 bits per heavy atom. The minimum Gasteiger partial charge on any atom is -0.392 e. The third kappa shape index (κ3) is 3.26. The zero-order valence-corrected chi connectivity index (χ0v) is 19.7. The zero-order valence-electron chi connectivity index (χ0n) is 19.7. The Morgan fingerprint density at radius 3 is 2.61 bits per heavy atom. The third-order valence-electron chi connectivity index (χ3n) is 7.09. The molecule has 0 spiro atoms. The van der Waals surface area contributed by atoms with Crippen molar-refractivity contribution < 1.29 is 9.90 Å². The molecule has 6 rings (SSSR count). The van der Waals surface area contributed by atoms with Gasteiger partial charge in [-0.15, -0.1) is 0 Å². The molecule has 6 heteroatoms. The molecule has 0 bridgehead atoms. The molecule has 0 aliphatic heterocycles. The number of carbonyl (C=O) groups excluding carboxylic acids is 1. The summed E-state index contributed by atoms with van der Waals surface area (Å²) in [6, 6.07) is 22.8. The predicted octanol–water partition coefficient (Wildman–Crippen LogP) is 4.52. The Balaban J connectivity index is 1.59. The van der Waals surface area contributed by atoms with E-state index >= 15 is 0 Å². The van der Waals surface area contributed by atoms with E-state index in [9.17, 15) is 14.7 Å². The van der Waals surface area contributed by atoms with Crippen molar-refractivity contribution in [1.29, 1.82) is 0 Å². The maximum absolute atomic E-state index is 13.3.